The highest BCUT2D eigenvalue weighted by molar-refractivity contribution is 5.26. The van der Waals surface area contributed by atoms with E-state index >= 15 is 0 Å². The highest BCUT2D eigenvalue weighted by Crippen LogP contribution is 2.29. The van der Waals surface area contributed by atoms with Crippen molar-refractivity contribution in [2.24, 2.45) is 0 Å². The molecule has 0 fully saturated rings. The normalized spacial score (nSPS) is 15.6. The number of benzene rings is 1. The first-order valence-corrected chi connectivity index (χ1v) is 4.24. The Labute approximate surface area is 80.9 Å². The molecule has 0 amide bonds. The van der Waals surface area contributed by atoms with Gasteiger partial charge in [-0.15, -0.1) is 0 Å². The van der Waals surface area contributed by atoms with Crippen LogP contribution in [0.2, 0.25) is 0 Å². The smallest absolute Gasteiger partial charge is 0.260 e. The van der Waals surface area contributed by atoms with E-state index in [9.17, 15) is 13.2 Å². The lowest BCUT2D eigenvalue weighted by molar-refractivity contribution is 0.0410. The molecule has 1 aromatic rings. The van der Waals surface area contributed by atoms with Crippen LogP contribution < -0.4 is 5.32 Å². The zero-order valence-electron chi connectivity index (χ0n) is 8.02. The van der Waals surface area contributed by atoms with E-state index in [2.05, 4.69) is 5.32 Å². The quantitative estimate of drug-likeness (QED) is 0.796. The third-order valence-electron chi connectivity index (χ3n) is 2.39. The second kappa shape index (κ2) is 4.00. The van der Waals surface area contributed by atoms with E-state index in [1.807, 2.05) is 0 Å². The third-order valence-corrected chi connectivity index (χ3v) is 2.39. The van der Waals surface area contributed by atoms with Gasteiger partial charge in [-0.05, 0) is 20.0 Å². The van der Waals surface area contributed by atoms with Gasteiger partial charge in [0, 0.05) is 5.56 Å². The number of hydrogen-bond acceptors (Lipinski definition) is 1. The Bertz CT molecular complexity index is 314. The van der Waals surface area contributed by atoms with E-state index in [-0.39, 0.29) is 5.56 Å². The molecule has 0 radical (unpaired) electrons. The first kappa shape index (κ1) is 11.0. The molecule has 1 nitrogen and oxygen atoms in total. The monoisotopic (exact) mass is 203 g/mol. The Morgan fingerprint density at radius 2 is 1.86 bits per heavy atom. The molecule has 4 heteroatoms. The molecule has 1 aromatic carbocycles. The van der Waals surface area contributed by atoms with Crippen molar-refractivity contribution in [3.05, 3.63) is 35.6 Å². The Hall–Kier alpha value is -1.03. The van der Waals surface area contributed by atoms with Crippen LogP contribution >= 0.6 is 0 Å². The molecule has 78 valence electrons. The van der Waals surface area contributed by atoms with Crippen molar-refractivity contribution in [3.8, 4) is 0 Å². The van der Waals surface area contributed by atoms with Crippen LogP contribution in [0.3, 0.4) is 0 Å². The fourth-order valence-electron chi connectivity index (χ4n) is 1.24. The summed E-state index contributed by atoms with van der Waals surface area (Å²) in [5, 5.41) is 2.45. The van der Waals surface area contributed by atoms with Crippen LogP contribution in [0, 0.1) is 5.82 Å². The summed E-state index contributed by atoms with van der Waals surface area (Å²) in [7, 11) is 1.39. The lowest BCUT2D eigenvalue weighted by atomic mass is 9.92. The van der Waals surface area contributed by atoms with Crippen molar-refractivity contribution in [1.82, 2.24) is 5.32 Å². The third kappa shape index (κ3) is 1.75. The van der Waals surface area contributed by atoms with Crippen LogP contribution in [0.1, 0.15) is 12.5 Å². The van der Waals surface area contributed by atoms with Crippen LogP contribution in [-0.2, 0) is 5.54 Å². The summed E-state index contributed by atoms with van der Waals surface area (Å²) in [5.41, 5.74) is -1.65. The van der Waals surface area contributed by atoms with Gasteiger partial charge >= 0.3 is 0 Å². The van der Waals surface area contributed by atoms with E-state index in [1.165, 1.54) is 38.2 Å². The molecule has 0 spiro atoms. The summed E-state index contributed by atoms with van der Waals surface area (Å²) in [6.45, 7) is 1.27. The molecule has 0 saturated heterocycles. The standard InChI is InChI=1S/C10H12F3N/c1-10(14-2,9(12)13)7-5-3-4-6-8(7)11/h3-6,9,14H,1-2H3. The number of hydrogen-bond donors (Lipinski definition) is 1. The fraction of sp³-hybridized carbons (Fsp3) is 0.400. The topological polar surface area (TPSA) is 12.0 Å². The SMILES string of the molecule is CNC(C)(c1ccccc1F)C(F)F. The van der Waals surface area contributed by atoms with Crippen LogP contribution in [0.4, 0.5) is 13.2 Å². The molecular formula is C10H12F3N. The second-order valence-corrected chi connectivity index (χ2v) is 3.23. The summed E-state index contributed by atoms with van der Waals surface area (Å²) in [6.07, 6.45) is -2.66. The minimum absolute atomic E-state index is 0.0162. The molecule has 0 aliphatic rings. The van der Waals surface area contributed by atoms with Gasteiger partial charge in [-0.25, -0.2) is 13.2 Å². The molecule has 0 saturated carbocycles. The number of alkyl halides is 2. The Morgan fingerprint density at radius 3 is 2.29 bits per heavy atom. The maximum absolute atomic E-state index is 13.3. The van der Waals surface area contributed by atoms with Gasteiger partial charge in [-0.3, -0.25) is 0 Å². The average Bonchev–Trinajstić information content (AvgIpc) is 2.17. The van der Waals surface area contributed by atoms with Gasteiger partial charge in [-0.2, -0.15) is 0 Å². The molecule has 1 rings (SSSR count). The molecule has 0 heterocycles. The maximum atomic E-state index is 13.3. The van der Waals surface area contributed by atoms with Crippen LogP contribution in [0.25, 0.3) is 0 Å². The van der Waals surface area contributed by atoms with E-state index in [1.54, 1.807) is 0 Å². The lowest BCUT2D eigenvalue weighted by Crippen LogP contribution is -2.44. The number of nitrogens with one attached hydrogen (secondary N) is 1. The summed E-state index contributed by atoms with van der Waals surface area (Å²) in [6, 6.07) is 5.54. The zero-order chi connectivity index (χ0) is 10.8. The molecule has 0 aliphatic heterocycles. The highest BCUT2D eigenvalue weighted by atomic mass is 19.3. The maximum Gasteiger partial charge on any atom is 0.260 e. The van der Waals surface area contributed by atoms with Crippen molar-refractivity contribution < 1.29 is 13.2 Å². The van der Waals surface area contributed by atoms with Gasteiger partial charge in [0.05, 0.1) is 0 Å². The van der Waals surface area contributed by atoms with Crippen molar-refractivity contribution >= 4 is 0 Å². The first-order valence-electron chi connectivity index (χ1n) is 4.24. The van der Waals surface area contributed by atoms with Crippen molar-refractivity contribution in [2.45, 2.75) is 18.9 Å². The molecule has 0 aliphatic carbocycles. The van der Waals surface area contributed by atoms with E-state index in [4.69, 9.17) is 0 Å². The van der Waals surface area contributed by atoms with Gasteiger partial charge < -0.3 is 5.32 Å². The van der Waals surface area contributed by atoms with Gasteiger partial charge in [0.25, 0.3) is 6.43 Å². The van der Waals surface area contributed by atoms with Crippen molar-refractivity contribution in [3.63, 3.8) is 0 Å². The Kier molecular flexibility index (Phi) is 3.16. The van der Waals surface area contributed by atoms with E-state index in [0.29, 0.717) is 0 Å². The lowest BCUT2D eigenvalue weighted by Gasteiger charge is -2.29. The van der Waals surface area contributed by atoms with E-state index in [0.717, 1.165) is 0 Å². The molecule has 0 bridgehead atoms. The van der Waals surface area contributed by atoms with Crippen molar-refractivity contribution in [1.29, 1.82) is 0 Å². The molecule has 14 heavy (non-hydrogen) atoms. The molecule has 1 atom stereocenters. The first-order chi connectivity index (χ1) is 6.52. The second-order valence-electron chi connectivity index (χ2n) is 3.23. The Balaban J connectivity index is 3.19. The van der Waals surface area contributed by atoms with Crippen LogP contribution in [0.5, 0.6) is 0 Å². The average molecular weight is 203 g/mol. The van der Waals surface area contributed by atoms with Gasteiger partial charge in [0.2, 0.25) is 0 Å². The summed E-state index contributed by atoms with van der Waals surface area (Å²) < 4.78 is 38.7. The fourth-order valence-corrected chi connectivity index (χ4v) is 1.24. The molecular weight excluding hydrogens is 191 g/mol. The minimum Gasteiger partial charge on any atom is -0.306 e. The Morgan fingerprint density at radius 1 is 1.29 bits per heavy atom. The predicted octanol–water partition coefficient (Wildman–Crippen LogP) is 2.53. The molecule has 1 unspecified atom stereocenters. The van der Waals surface area contributed by atoms with E-state index < -0.39 is 17.8 Å². The van der Waals surface area contributed by atoms with Gasteiger partial charge in [0.15, 0.2) is 0 Å². The molecule has 0 aromatic heterocycles. The minimum atomic E-state index is -2.66. The molecule has 1 N–H and O–H groups in total. The summed E-state index contributed by atoms with van der Waals surface area (Å²) in [5.74, 6) is -0.621. The van der Waals surface area contributed by atoms with Crippen LogP contribution in [0.15, 0.2) is 24.3 Å². The highest BCUT2D eigenvalue weighted by Gasteiger charge is 2.37. The number of rotatable bonds is 3. The zero-order valence-corrected chi connectivity index (χ0v) is 8.02. The predicted molar refractivity (Wildman–Crippen MR) is 48.8 cm³/mol. The van der Waals surface area contributed by atoms with Crippen LogP contribution in [-0.4, -0.2) is 13.5 Å². The van der Waals surface area contributed by atoms with Gasteiger partial charge in [0.1, 0.15) is 11.4 Å². The summed E-state index contributed by atoms with van der Waals surface area (Å²) >= 11 is 0. The summed E-state index contributed by atoms with van der Waals surface area (Å²) in [4.78, 5) is 0. The number of halogens is 3. The largest absolute Gasteiger partial charge is 0.306 e. The van der Waals surface area contributed by atoms with Crippen molar-refractivity contribution in [2.75, 3.05) is 7.05 Å². The van der Waals surface area contributed by atoms with Gasteiger partial charge in [-0.1, -0.05) is 18.2 Å².